The largest absolute Gasteiger partial charge is 0.480 e. The van der Waals surface area contributed by atoms with Crippen LogP contribution in [0.2, 0.25) is 0 Å². The lowest BCUT2D eigenvalue weighted by Gasteiger charge is -2.21. The van der Waals surface area contributed by atoms with E-state index < -0.39 is 73.0 Å². The van der Waals surface area contributed by atoms with Gasteiger partial charge in [-0.15, -0.1) is 0 Å². The van der Waals surface area contributed by atoms with Crippen molar-refractivity contribution in [1.82, 2.24) is 16.0 Å². The molecule has 0 fully saturated rings. The van der Waals surface area contributed by atoms with Gasteiger partial charge in [0.05, 0.1) is 25.4 Å². The van der Waals surface area contributed by atoms with E-state index in [1.54, 1.807) is 0 Å². The molecular formula is C16H29N9O7. The van der Waals surface area contributed by atoms with E-state index in [1.165, 1.54) is 0 Å². The smallest absolute Gasteiger partial charge is 0.326 e. The van der Waals surface area contributed by atoms with Gasteiger partial charge in [-0.3, -0.25) is 29.0 Å². The molecular weight excluding hydrogens is 430 g/mol. The Morgan fingerprint density at radius 1 is 0.844 bits per heavy atom. The Kier molecular flexibility index (Phi) is 12.4. The molecule has 0 heterocycles. The molecule has 3 atom stereocenters. The third-order valence-corrected chi connectivity index (χ3v) is 3.80. The van der Waals surface area contributed by atoms with Gasteiger partial charge in [0.2, 0.25) is 29.5 Å². The summed E-state index contributed by atoms with van der Waals surface area (Å²) < 4.78 is 0. The summed E-state index contributed by atoms with van der Waals surface area (Å²) in [5.74, 6) is -5.99. The molecule has 0 aliphatic heterocycles. The molecule has 0 bridgehead atoms. The first-order chi connectivity index (χ1) is 14.8. The molecule has 3 unspecified atom stereocenters. The Morgan fingerprint density at radius 3 is 1.94 bits per heavy atom. The van der Waals surface area contributed by atoms with Crippen LogP contribution in [-0.4, -0.2) is 77.8 Å². The van der Waals surface area contributed by atoms with Crippen LogP contribution in [0.25, 0.3) is 0 Å². The molecule has 0 aliphatic carbocycles. The standard InChI is InChI=1S/C16H29N9O7/c17-7(4-10(18)26)13(29)23-6-12(28)24-8(2-1-3-22-16(20)21)14(30)25-9(15(31)32)5-11(19)27/h7-9H,1-6,17H2,(H2,18,26)(H2,19,27)(H,23,29)(H,24,28)(H,25,30)(H,31,32)(H4,20,21,22). The lowest BCUT2D eigenvalue weighted by atomic mass is 10.1. The zero-order valence-corrected chi connectivity index (χ0v) is 17.2. The molecule has 0 saturated carbocycles. The SMILES string of the molecule is NC(=O)CC(N)C(=O)NCC(=O)NC(CCCN=C(N)N)C(=O)NC(CC(N)=O)C(=O)O. The summed E-state index contributed by atoms with van der Waals surface area (Å²) in [6, 6.07) is -4.12. The van der Waals surface area contributed by atoms with E-state index in [1.807, 2.05) is 0 Å². The minimum atomic E-state index is -1.61. The highest BCUT2D eigenvalue weighted by molar-refractivity contribution is 5.94. The summed E-state index contributed by atoms with van der Waals surface area (Å²) in [6.45, 7) is -0.475. The number of rotatable bonds is 15. The van der Waals surface area contributed by atoms with Crippen molar-refractivity contribution in [3.8, 4) is 0 Å². The van der Waals surface area contributed by atoms with E-state index in [9.17, 15) is 28.8 Å². The third kappa shape index (κ3) is 12.6. The van der Waals surface area contributed by atoms with Crippen molar-refractivity contribution in [2.75, 3.05) is 13.1 Å². The van der Waals surface area contributed by atoms with Gasteiger partial charge >= 0.3 is 5.97 Å². The summed E-state index contributed by atoms with van der Waals surface area (Å²) in [7, 11) is 0. The van der Waals surface area contributed by atoms with E-state index in [0.29, 0.717) is 0 Å². The van der Waals surface area contributed by atoms with Gasteiger partial charge < -0.3 is 49.7 Å². The number of primary amides is 2. The number of aliphatic carboxylic acids is 1. The predicted octanol–water partition coefficient (Wildman–Crippen LogP) is -5.71. The van der Waals surface area contributed by atoms with Crippen LogP contribution in [0.4, 0.5) is 0 Å². The molecule has 5 amide bonds. The number of nitrogens with two attached hydrogens (primary N) is 5. The van der Waals surface area contributed by atoms with E-state index in [-0.39, 0.29) is 25.3 Å². The normalized spacial score (nSPS) is 13.0. The zero-order chi connectivity index (χ0) is 24.8. The molecule has 16 heteroatoms. The Hall–Kier alpha value is -3.95. The van der Waals surface area contributed by atoms with Crippen molar-refractivity contribution in [2.24, 2.45) is 33.7 Å². The van der Waals surface area contributed by atoms with Gasteiger partial charge in [0, 0.05) is 6.54 Å². The number of carbonyl (C=O) groups excluding carboxylic acids is 5. The molecule has 0 radical (unpaired) electrons. The van der Waals surface area contributed by atoms with Crippen LogP contribution in [0.15, 0.2) is 4.99 Å². The van der Waals surface area contributed by atoms with Crippen molar-refractivity contribution < 1.29 is 33.9 Å². The van der Waals surface area contributed by atoms with E-state index in [0.717, 1.165) is 0 Å². The van der Waals surface area contributed by atoms with Crippen LogP contribution in [0.3, 0.4) is 0 Å². The number of guanidine groups is 1. The van der Waals surface area contributed by atoms with Crippen LogP contribution < -0.4 is 44.6 Å². The Morgan fingerprint density at radius 2 is 1.44 bits per heavy atom. The molecule has 0 aromatic rings. The molecule has 0 spiro atoms. The fraction of sp³-hybridized carbons (Fsp3) is 0.562. The average Bonchev–Trinajstić information content (AvgIpc) is 2.66. The molecule has 0 aromatic heterocycles. The van der Waals surface area contributed by atoms with Crippen molar-refractivity contribution in [3.63, 3.8) is 0 Å². The van der Waals surface area contributed by atoms with Crippen LogP contribution in [0.1, 0.15) is 25.7 Å². The number of carboxylic acids is 1. The molecule has 180 valence electrons. The van der Waals surface area contributed by atoms with Crippen molar-refractivity contribution >= 4 is 41.5 Å². The maximum atomic E-state index is 12.5. The Labute approximate surface area is 182 Å². The average molecular weight is 459 g/mol. The Bertz CT molecular complexity index is 752. The number of amides is 5. The number of nitrogens with one attached hydrogen (secondary N) is 3. The van der Waals surface area contributed by atoms with E-state index in [4.69, 9.17) is 33.8 Å². The highest BCUT2D eigenvalue weighted by Gasteiger charge is 2.27. The van der Waals surface area contributed by atoms with Crippen LogP contribution >= 0.6 is 0 Å². The van der Waals surface area contributed by atoms with Crippen molar-refractivity contribution in [2.45, 2.75) is 43.8 Å². The Balaban J connectivity index is 5.08. The van der Waals surface area contributed by atoms with Crippen LogP contribution in [0.5, 0.6) is 0 Å². The van der Waals surface area contributed by atoms with Crippen molar-refractivity contribution in [3.05, 3.63) is 0 Å². The van der Waals surface area contributed by atoms with Crippen LogP contribution in [0, 0.1) is 0 Å². The highest BCUT2D eigenvalue weighted by atomic mass is 16.4. The number of hydrogen-bond donors (Lipinski definition) is 9. The van der Waals surface area contributed by atoms with Gasteiger partial charge in [-0.05, 0) is 12.8 Å². The molecule has 0 aromatic carbocycles. The number of aliphatic imine (C=N–C) groups is 1. The van der Waals surface area contributed by atoms with Gasteiger partial charge in [-0.1, -0.05) is 0 Å². The second-order valence-electron chi connectivity index (χ2n) is 6.63. The fourth-order valence-corrected chi connectivity index (χ4v) is 2.30. The maximum Gasteiger partial charge on any atom is 0.326 e. The third-order valence-electron chi connectivity index (χ3n) is 3.80. The van der Waals surface area contributed by atoms with E-state index in [2.05, 4.69) is 20.9 Å². The first-order valence-electron chi connectivity index (χ1n) is 9.31. The number of carbonyl (C=O) groups is 6. The summed E-state index contributed by atoms with van der Waals surface area (Å²) in [6.07, 6.45) is -0.880. The minimum absolute atomic E-state index is 0.00754. The molecule has 0 rings (SSSR count). The summed E-state index contributed by atoms with van der Waals surface area (Å²) in [4.78, 5) is 73.1. The monoisotopic (exact) mass is 459 g/mol. The zero-order valence-electron chi connectivity index (χ0n) is 17.2. The second-order valence-corrected chi connectivity index (χ2v) is 6.63. The molecule has 14 N–H and O–H groups in total. The lowest BCUT2D eigenvalue weighted by molar-refractivity contribution is -0.143. The maximum absolute atomic E-state index is 12.5. The molecule has 16 nitrogen and oxygen atoms in total. The van der Waals surface area contributed by atoms with Crippen LogP contribution in [-0.2, 0) is 28.8 Å². The van der Waals surface area contributed by atoms with Gasteiger partial charge in [0.15, 0.2) is 5.96 Å². The van der Waals surface area contributed by atoms with Gasteiger partial charge in [0.25, 0.3) is 0 Å². The van der Waals surface area contributed by atoms with E-state index >= 15 is 0 Å². The predicted molar refractivity (Wildman–Crippen MR) is 110 cm³/mol. The molecule has 0 aliphatic rings. The quantitative estimate of drug-likeness (QED) is 0.0634. The number of carboxylic acid groups (broad SMARTS) is 1. The van der Waals surface area contributed by atoms with Crippen molar-refractivity contribution in [1.29, 1.82) is 0 Å². The number of hydrogen-bond acceptors (Lipinski definition) is 8. The minimum Gasteiger partial charge on any atom is -0.480 e. The summed E-state index contributed by atoms with van der Waals surface area (Å²) in [5.41, 5.74) is 25.8. The first-order valence-corrected chi connectivity index (χ1v) is 9.31. The topological polar surface area (TPSA) is 301 Å². The van der Waals surface area contributed by atoms with Gasteiger partial charge in [-0.2, -0.15) is 0 Å². The highest BCUT2D eigenvalue weighted by Crippen LogP contribution is 2.01. The molecule has 0 saturated heterocycles. The summed E-state index contributed by atoms with van der Waals surface area (Å²) in [5, 5.41) is 15.7. The first kappa shape index (κ1) is 28.0. The fourth-order valence-electron chi connectivity index (χ4n) is 2.30. The van der Waals surface area contributed by atoms with Gasteiger partial charge in [-0.25, -0.2) is 4.79 Å². The summed E-state index contributed by atoms with van der Waals surface area (Å²) >= 11 is 0. The lowest BCUT2D eigenvalue weighted by Crippen LogP contribution is -2.54. The van der Waals surface area contributed by atoms with Gasteiger partial charge in [0.1, 0.15) is 12.1 Å². The number of nitrogens with zero attached hydrogens (tertiary/aromatic N) is 1. The second kappa shape index (κ2) is 14.1. The molecule has 32 heavy (non-hydrogen) atoms.